The van der Waals surface area contributed by atoms with E-state index in [1.54, 1.807) is 43.3 Å². The van der Waals surface area contributed by atoms with E-state index in [-0.39, 0.29) is 33.1 Å². The summed E-state index contributed by atoms with van der Waals surface area (Å²) in [5, 5.41) is 3.21. The second-order valence-corrected chi connectivity index (χ2v) is 12.3. The fourth-order valence-corrected chi connectivity index (χ4v) is 5.97. The van der Waals surface area contributed by atoms with Crippen molar-refractivity contribution in [2.24, 2.45) is 0 Å². The molecule has 3 aromatic carbocycles. The van der Waals surface area contributed by atoms with Crippen LogP contribution in [0.1, 0.15) is 37.8 Å². The molecule has 3 aromatic rings. The molecule has 0 fully saturated rings. The van der Waals surface area contributed by atoms with Gasteiger partial charge in [-0.1, -0.05) is 66.4 Å². The van der Waals surface area contributed by atoms with E-state index in [4.69, 9.17) is 27.9 Å². The minimum atomic E-state index is -4.26. The predicted octanol–water partition coefficient (Wildman–Crippen LogP) is 5.84. The fourth-order valence-electron chi connectivity index (χ4n) is 4.11. The molecule has 0 aliphatic heterocycles. The molecule has 0 heterocycles. The molecule has 220 valence electrons. The van der Waals surface area contributed by atoms with Crippen LogP contribution in [-0.2, 0) is 26.2 Å². The molecule has 0 saturated carbocycles. The van der Waals surface area contributed by atoms with E-state index in [2.05, 4.69) is 5.32 Å². The quantitative estimate of drug-likeness (QED) is 0.243. The maximum atomic E-state index is 14.0. The molecule has 0 saturated heterocycles. The van der Waals surface area contributed by atoms with E-state index < -0.39 is 28.5 Å². The number of nitrogens with one attached hydrogen (secondary N) is 1. The number of unbranched alkanes of at least 4 members (excludes halogenated alkanes) is 1. The Morgan fingerprint density at radius 2 is 1.73 bits per heavy atom. The number of halogens is 2. The maximum Gasteiger partial charge on any atom is 0.264 e. The SMILES string of the molecule is CCCCNC(=O)[C@H](C)N(Cc1cccc(OC)c1)C(=O)CN(c1cc(Cl)ccc1Cl)S(=O)(=O)c1ccc(C)cc1. The van der Waals surface area contributed by atoms with Gasteiger partial charge in [-0.05, 0) is 68.3 Å². The van der Waals surface area contributed by atoms with Crippen molar-refractivity contribution < 1.29 is 22.7 Å². The topological polar surface area (TPSA) is 96.0 Å². The molecule has 11 heteroatoms. The minimum absolute atomic E-state index is 0.0170. The Balaban J connectivity index is 2.05. The van der Waals surface area contributed by atoms with Gasteiger partial charge in [0.1, 0.15) is 18.3 Å². The number of anilines is 1. The lowest BCUT2D eigenvalue weighted by molar-refractivity contribution is -0.139. The number of hydrogen-bond donors (Lipinski definition) is 1. The first kappa shape index (κ1) is 32.2. The second-order valence-electron chi connectivity index (χ2n) is 9.61. The molecule has 2 amide bonds. The number of aryl methyl sites for hydroxylation is 1. The van der Waals surface area contributed by atoms with Crippen LogP contribution < -0.4 is 14.4 Å². The first-order valence-electron chi connectivity index (χ1n) is 13.2. The van der Waals surface area contributed by atoms with Crippen molar-refractivity contribution in [3.8, 4) is 5.75 Å². The highest BCUT2D eigenvalue weighted by atomic mass is 35.5. The van der Waals surface area contributed by atoms with E-state index in [9.17, 15) is 18.0 Å². The Kier molecular flexibility index (Phi) is 11.5. The summed E-state index contributed by atoms with van der Waals surface area (Å²) in [6.45, 7) is 5.36. The molecular formula is C30H35Cl2N3O5S. The smallest absolute Gasteiger partial charge is 0.264 e. The molecule has 1 atom stereocenters. The summed E-state index contributed by atoms with van der Waals surface area (Å²) in [6.07, 6.45) is 1.69. The van der Waals surface area contributed by atoms with Gasteiger partial charge in [-0.25, -0.2) is 8.42 Å². The summed E-state index contributed by atoms with van der Waals surface area (Å²) in [5.41, 5.74) is 1.63. The van der Waals surface area contributed by atoms with Gasteiger partial charge in [0.15, 0.2) is 0 Å². The molecule has 0 bridgehead atoms. The van der Waals surface area contributed by atoms with Crippen molar-refractivity contribution in [3.05, 3.63) is 87.9 Å². The average molecular weight is 621 g/mol. The summed E-state index contributed by atoms with van der Waals surface area (Å²) >= 11 is 12.7. The first-order valence-corrected chi connectivity index (χ1v) is 15.4. The third-order valence-corrected chi connectivity index (χ3v) is 8.88. The standard InChI is InChI=1S/C30H35Cl2N3O5S/c1-5-6-16-33-30(37)22(3)34(19-23-8-7-9-25(17-23)40-4)29(36)20-35(28-18-24(31)12-15-27(28)32)41(38,39)26-13-10-21(2)11-14-26/h7-15,17-18,22H,5-6,16,19-20H2,1-4H3,(H,33,37)/t22-/m0/s1. The lowest BCUT2D eigenvalue weighted by Crippen LogP contribution is -2.51. The van der Waals surface area contributed by atoms with Gasteiger partial charge < -0.3 is 15.0 Å². The zero-order chi connectivity index (χ0) is 30.2. The highest BCUT2D eigenvalue weighted by molar-refractivity contribution is 7.92. The number of ether oxygens (including phenoxy) is 1. The largest absolute Gasteiger partial charge is 0.497 e. The number of sulfonamides is 1. The molecule has 0 aliphatic carbocycles. The Hall–Kier alpha value is -3.27. The summed E-state index contributed by atoms with van der Waals surface area (Å²) in [4.78, 5) is 28.4. The molecule has 0 aromatic heterocycles. The zero-order valence-electron chi connectivity index (χ0n) is 23.6. The van der Waals surface area contributed by atoms with Gasteiger partial charge in [0.25, 0.3) is 10.0 Å². The summed E-state index contributed by atoms with van der Waals surface area (Å²) in [6, 6.07) is 16.9. The molecule has 0 aliphatic rings. The van der Waals surface area contributed by atoms with Crippen molar-refractivity contribution in [1.82, 2.24) is 10.2 Å². The highest BCUT2D eigenvalue weighted by Gasteiger charge is 2.33. The number of carbonyl (C=O) groups excluding carboxylic acids is 2. The third-order valence-electron chi connectivity index (χ3n) is 6.55. The fraction of sp³-hybridized carbons (Fsp3) is 0.333. The van der Waals surface area contributed by atoms with E-state index in [1.807, 2.05) is 13.8 Å². The van der Waals surface area contributed by atoms with Crippen LogP contribution in [0, 0.1) is 6.92 Å². The van der Waals surface area contributed by atoms with Crippen LogP contribution in [0.5, 0.6) is 5.75 Å². The third kappa shape index (κ3) is 8.38. The summed E-state index contributed by atoms with van der Waals surface area (Å²) < 4.78 is 34.1. The lowest BCUT2D eigenvalue weighted by atomic mass is 10.1. The van der Waals surface area contributed by atoms with Crippen molar-refractivity contribution >= 4 is 50.7 Å². The molecule has 8 nitrogen and oxygen atoms in total. The van der Waals surface area contributed by atoms with Crippen molar-refractivity contribution in [2.75, 3.05) is 24.5 Å². The summed E-state index contributed by atoms with van der Waals surface area (Å²) in [5.74, 6) is -0.356. The number of methoxy groups -OCH3 is 1. The van der Waals surface area contributed by atoms with Crippen molar-refractivity contribution in [1.29, 1.82) is 0 Å². The van der Waals surface area contributed by atoms with Crippen molar-refractivity contribution in [3.63, 3.8) is 0 Å². The van der Waals surface area contributed by atoms with Gasteiger partial charge in [-0.15, -0.1) is 0 Å². The maximum absolute atomic E-state index is 14.0. The number of nitrogens with zero attached hydrogens (tertiary/aromatic N) is 2. The highest BCUT2D eigenvalue weighted by Crippen LogP contribution is 2.33. The summed E-state index contributed by atoms with van der Waals surface area (Å²) in [7, 11) is -2.73. The molecule has 3 rings (SSSR count). The van der Waals surface area contributed by atoms with Crippen LogP contribution in [0.3, 0.4) is 0 Å². The number of carbonyl (C=O) groups is 2. The number of benzene rings is 3. The van der Waals surface area contributed by atoms with Crippen LogP contribution in [-0.4, -0.2) is 51.4 Å². The van der Waals surface area contributed by atoms with Gasteiger partial charge in [0.05, 0.1) is 22.7 Å². The Bertz CT molecular complexity index is 1470. The molecule has 0 unspecified atom stereocenters. The van der Waals surface area contributed by atoms with Gasteiger partial charge in [0, 0.05) is 18.1 Å². The first-order chi connectivity index (χ1) is 19.5. The molecular weight excluding hydrogens is 585 g/mol. The van der Waals surface area contributed by atoms with E-state index in [0.717, 1.165) is 22.7 Å². The number of rotatable bonds is 13. The Labute approximate surface area is 252 Å². The lowest BCUT2D eigenvalue weighted by Gasteiger charge is -2.32. The van der Waals surface area contributed by atoms with Gasteiger partial charge >= 0.3 is 0 Å². The monoisotopic (exact) mass is 619 g/mol. The van der Waals surface area contributed by atoms with Gasteiger partial charge in [0.2, 0.25) is 11.8 Å². The Morgan fingerprint density at radius 3 is 2.39 bits per heavy atom. The van der Waals surface area contributed by atoms with Crippen LogP contribution in [0.4, 0.5) is 5.69 Å². The van der Waals surface area contributed by atoms with Gasteiger partial charge in [-0.2, -0.15) is 0 Å². The Morgan fingerprint density at radius 1 is 1.02 bits per heavy atom. The van der Waals surface area contributed by atoms with E-state index in [0.29, 0.717) is 17.9 Å². The minimum Gasteiger partial charge on any atom is -0.497 e. The van der Waals surface area contributed by atoms with Crippen LogP contribution in [0.2, 0.25) is 10.0 Å². The van der Waals surface area contributed by atoms with Crippen LogP contribution >= 0.6 is 23.2 Å². The molecule has 0 spiro atoms. The molecule has 41 heavy (non-hydrogen) atoms. The van der Waals surface area contributed by atoms with Gasteiger partial charge in [-0.3, -0.25) is 13.9 Å². The normalized spacial score (nSPS) is 12.0. The molecule has 0 radical (unpaired) electrons. The van der Waals surface area contributed by atoms with E-state index >= 15 is 0 Å². The second kappa shape index (κ2) is 14.6. The predicted molar refractivity (Wildman–Crippen MR) is 163 cm³/mol. The zero-order valence-corrected chi connectivity index (χ0v) is 25.9. The number of amides is 2. The average Bonchev–Trinajstić information content (AvgIpc) is 2.95. The molecule has 1 N–H and O–H groups in total. The van der Waals surface area contributed by atoms with Crippen LogP contribution in [0.15, 0.2) is 71.6 Å². The van der Waals surface area contributed by atoms with E-state index in [1.165, 1.54) is 42.3 Å². The van der Waals surface area contributed by atoms with Crippen LogP contribution in [0.25, 0.3) is 0 Å². The number of hydrogen-bond acceptors (Lipinski definition) is 5. The van der Waals surface area contributed by atoms with Crippen molar-refractivity contribution in [2.45, 2.75) is 51.1 Å².